The van der Waals surface area contributed by atoms with Crippen molar-refractivity contribution in [3.63, 3.8) is 0 Å². The maximum absolute atomic E-state index is 8.95. The van der Waals surface area contributed by atoms with E-state index in [1.165, 1.54) is 10.9 Å². The third-order valence-electron chi connectivity index (χ3n) is 3.20. The predicted molar refractivity (Wildman–Crippen MR) is 73.0 cm³/mol. The zero-order chi connectivity index (χ0) is 13.1. The van der Waals surface area contributed by atoms with Gasteiger partial charge in [-0.15, -0.1) is 0 Å². The molecule has 92 valence electrons. The fourth-order valence-corrected chi connectivity index (χ4v) is 2.03. The Morgan fingerprint density at radius 3 is 2.83 bits per heavy atom. The van der Waals surface area contributed by atoms with E-state index in [0.29, 0.717) is 0 Å². The lowest BCUT2D eigenvalue weighted by Gasteiger charge is -2.20. The molecule has 18 heavy (non-hydrogen) atoms. The molecule has 1 atom stereocenters. The van der Waals surface area contributed by atoms with E-state index in [4.69, 9.17) is 5.26 Å². The lowest BCUT2D eigenvalue weighted by molar-refractivity contribution is 0.295. The Morgan fingerprint density at radius 1 is 1.39 bits per heavy atom. The van der Waals surface area contributed by atoms with Gasteiger partial charge in [-0.1, -0.05) is 18.2 Å². The molecule has 1 aromatic carbocycles. The zero-order valence-corrected chi connectivity index (χ0v) is 11.0. The topological polar surface area (TPSA) is 39.9 Å². The summed E-state index contributed by atoms with van der Waals surface area (Å²) in [6, 6.07) is 12.4. The van der Waals surface area contributed by atoms with Gasteiger partial charge >= 0.3 is 0 Å². The van der Waals surface area contributed by atoms with Crippen molar-refractivity contribution in [2.75, 3.05) is 7.05 Å². The molecule has 2 rings (SSSR count). The first-order valence-corrected chi connectivity index (χ1v) is 6.07. The standard InChI is InChI=1S/C15H17N3/c1-11-8-13(10-18(3)12(2)9-16)14-6-4-5-7-15(14)17-11/h4-8,12H,10H2,1-3H3. The number of hydrogen-bond acceptors (Lipinski definition) is 3. The van der Waals surface area contributed by atoms with E-state index in [0.717, 1.165) is 17.8 Å². The van der Waals surface area contributed by atoms with Crippen LogP contribution in [-0.2, 0) is 6.54 Å². The van der Waals surface area contributed by atoms with Crippen LogP contribution >= 0.6 is 0 Å². The number of benzene rings is 1. The Morgan fingerprint density at radius 2 is 2.11 bits per heavy atom. The van der Waals surface area contributed by atoms with Gasteiger partial charge in [-0.05, 0) is 38.6 Å². The van der Waals surface area contributed by atoms with Crippen LogP contribution in [0.1, 0.15) is 18.2 Å². The summed E-state index contributed by atoms with van der Waals surface area (Å²) in [4.78, 5) is 6.57. The molecule has 0 aliphatic rings. The van der Waals surface area contributed by atoms with Crippen molar-refractivity contribution in [1.82, 2.24) is 9.88 Å². The average Bonchev–Trinajstić information content (AvgIpc) is 2.37. The van der Waals surface area contributed by atoms with Crippen molar-refractivity contribution in [1.29, 1.82) is 5.26 Å². The van der Waals surface area contributed by atoms with Gasteiger partial charge in [0, 0.05) is 17.6 Å². The van der Waals surface area contributed by atoms with Crippen LogP contribution in [0.4, 0.5) is 0 Å². The Bertz CT molecular complexity index is 598. The van der Waals surface area contributed by atoms with E-state index in [1.54, 1.807) is 0 Å². The van der Waals surface area contributed by atoms with E-state index in [2.05, 4.69) is 23.2 Å². The lowest BCUT2D eigenvalue weighted by Crippen LogP contribution is -2.27. The average molecular weight is 239 g/mol. The monoisotopic (exact) mass is 239 g/mol. The smallest absolute Gasteiger partial charge is 0.0949 e. The normalized spacial score (nSPS) is 12.6. The van der Waals surface area contributed by atoms with Crippen molar-refractivity contribution >= 4 is 10.9 Å². The predicted octanol–water partition coefficient (Wildman–Crippen LogP) is 2.89. The molecule has 0 saturated heterocycles. The van der Waals surface area contributed by atoms with Gasteiger partial charge in [0.15, 0.2) is 0 Å². The maximum Gasteiger partial charge on any atom is 0.0949 e. The van der Waals surface area contributed by atoms with E-state index in [1.807, 2.05) is 44.0 Å². The van der Waals surface area contributed by atoms with Gasteiger partial charge in [0.05, 0.1) is 17.6 Å². The Kier molecular flexibility index (Phi) is 3.59. The van der Waals surface area contributed by atoms with Crippen LogP contribution in [0, 0.1) is 18.3 Å². The Hall–Kier alpha value is -1.92. The molecule has 0 aliphatic heterocycles. The first-order chi connectivity index (χ1) is 8.61. The fraction of sp³-hybridized carbons (Fsp3) is 0.333. The van der Waals surface area contributed by atoms with Crippen LogP contribution in [0.3, 0.4) is 0 Å². The van der Waals surface area contributed by atoms with E-state index >= 15 is 0 Å². The van der Waals surface area contributed by atoms with Crippen molar-refractivity contribution in [3.8, 4) is 6.07 Å². The van der Waals surface area contributed by atoms with Crippen LogP contribution in [0.15, 0.2) is 30.3 Å². The molecule has 3 heteroatoms. The highest BCUT2D eigenvalue weighted by Crippen LogP contribution is 2.19. The Balaban J connectivity index is 2.41. The lowest BCUT2D eigenvalue weighted by atomic mass is 10.1. The molecule has 2 aromatic rings. The van der Waals surface area contributed by atoms with Gasteiger partial charge in [0.2, 0.25) is 0 Å². The molecule has 0 aliphatic carbocycles. The van der Waals surface area contributed by atoms with Crippen molar-refractivity contribution in [2.24, 2.45) is 0 Å². The molecule has 3 nitrogen and oxygen atoms in total. The van der Waals surface area contributed by atoms with Crippen LogP contribution in [0.5, 0.6) is 0 Å². The number of nitrogens with zero attached hydrogens (tertiary/aromatic N) is 3. The van der Waals surface area contributed by atoms with E-state index in [9.17, 15) is 0 Å². The van der Waals surface area contributed by atoms with Crippen LogP contribution in [0.25, 0.3) is 10.9 Å². The van der Waals surface area contributed by atoms with E-state index in [-0.39, 0.29) is 6.04 Å². The number of nitriles is 1. The third-order valence-corrected chi connectivity index (χ3v) is 3.20. The molecule has 0 bridgehead atoms. The molecular weight excluding hydrogens is 222 g/mol. The number of hydrogen-bond donors (Lipinski definition) is 0. The summed E-state index contributed by atoms with van der Waals surface area (Å²) in [6.45, 7) is 4.68. The van der Waals surface area contributed by atoms with Gasteiger partial charge in [-0.2, -0.15) is 5.26 Å². The number of aryl methyl sites for hydroxylation is 1. The molecule has 0 N–H and O–H groups in total. The summed E-state index contributed by atoms with van der Waals surface area (Å²) in [7, 11) is 1.97. The minimum atomic E-state index is -0.0859. The maximum atomic E-state index is 8.95. The second-order valence-electron chi connectivity index (χ2n) is 4.66. The first kappa shape index (κ1) is 12.5. The van der Waals surface area contributed by atoms with Gasteiger partial charge in [0.25, 0.3) is 0 Å². The van der Waals surface area contributed by atoms with Gasteiger partial charge in [0.1, 0.15) is 0 Å². The summed E-state index contributed by atoms with van der Waals surface area (Å²) in [5.74, 6) is 0. The molecule has 1 heterocycles. The second kappa shape index (κ2) is 5.16. The number of aromatic nitrogens is 1. The van der Waals surface area contributed by atoms with Gasteiger partial charge in [-0.3, -0.25) is 9.88 Å². The fourth-order valence-electron chi connectivity index (χ4n) is 2.03. The largest absolute Gasteiger partial charge is 0.287 e. The van der Waals surface area contributed by atoms with Crippen LogP contribution in [0.2, 0.25) is 0 Å². The van der Waals surface area contributed by atoms with Crippen molar-refractivity contribution in [3.05, 3.63) is 41.6 Å². The van der Waals surface area contributed by atoms with Crippen molar-refractivity contribution < 1.29 is 0 Å². The van der Waals surface area contributed by atoms with Gasteiger partial charge < -0.3 is 0 Å². The second-order valence-corrected chi connectivity index (χ2v) is 4.66. The highest BCUT2D eigenvalue weighted by Gasteiger charge is 2.11. The number of rotatable bonds is 3. The minimum absolute atomic E-state index is 0.0859. The highest BCUT2D eigenvalue weighted by atomic mass is 15.1. The number of fused-ring (bicyclic) bond motifs is 1. The summed E-state index contributed by atoms with van der Waals surface area (Å²) in [6.07, 6.45) is 0. The Labute approximate surface area is 108 Å². The summed E-state index contributed by atoms with van der Waals surface area (Å²) >= 11 is 0. The van der Waals surface area contributed by atoms with Crippen LogP contribution in [-0.4, -0.2) is 23.0 Å². The summed E-state index contributed by atoms with van der Waals surface area (Å²) < 4.78 is 0. The molecule has 0 fully saturated rings. The van der Waals surface area contributed by atoms with Gasteiger partial charge in [-0.25, -0.2) is 0 Å². The highest BCUT2D eigenvalue weighted by molar-refractivity contribution is 5.82. The molecule has 0 saturated carbocycles. The zero-order valence-electron chi connectivity index (χ0n) is 11.0. The number of para-hydroxylation sites is 1. The molecule has 0 spiro atoms. The SMILES string of the molecule is Cc1cc(CN(C)C(C)C#N)c2ccccc2n1. The minimum Gasteiger partial charge on any atom is -0.287 e. The molecular formula is C15H17N3. The third kappa shape index (κ3) is 2.49. The summed E-state index contributed by atoms with van der Waals surface area (Å²) in [5, 5.41) is 10.1. The molecule has 1 aromatic heterocycles. The van der Waals surface area contributed by atoms with E-state index < -0.39 is 0 Å². The van der Waals surface area contributed by atoms with Crippen LogP contribution < -0.4 is 0 Å². The molecule has 0 amide bonds. The first-order valence-electron chi connectivity index (χ1n) is 6.07. The molecule has 1 unspecified atom stereocenters. The molecule has 0 radical (unpaired) electrons. The van der Waals surface area contributed by atoms with Crippen molar-refractivity contribution in [2.45, 2.75) is 26.4 Å². The quantitative estimate of drug-likeness (QED) is 0.826. The number of pyridine rings is 1. The summed E-state index contributed by atoms with van der Waals surface area (Å²) in [5.41, 5.74) is 3.26.